The van der Waals surface area contributed by atoms with Crippen LogP contribution in [0.25, 0.3) is 11.3 Å². The van der Waals surface area contributed by atoms with Gasteiger partial charge in [-0.15, -0.1) is 0 Å². The number of primary amides is 1. The quantitative estimate of drug-likeness (QED) is 0.398. The highest BCUT2D eigenvalue weighted by Crippen LogP contribution is 2.31. The van der Waals surface area contributed by atoms with Crippen molar-refractivity contribution in [2.75, 3.05) is 41.8 Å². The van der Waals surface area contributed by atoms with Crippen LogP contribution in [0.4, 0.5) is 23.0 Å². The van der Waals surface area contributed by atoms with Gasteiger partial charge in [-0.1, -0.05) is 30.3 Å². The highest BCUT2D eigenvalue weighted by Gasteiger charge is 2.22. The molecule has 0 spiro atoms. The molecule has 2 aromatic carbocycles. The molecule has 2 aliphatic rings. The van der Waals surface area contributed by atoms with E-state index in [1.807, 2.05) is 42.5 Å². The number of hydrogen-bond donors (Lipinski definition) is 4. The van der Waals surface area contributed by atoms with E-state index in [0.717, 1.165) is 55.7 Å². The van der Waals surface area contributed by atoms with Crippen molar-refractivity contribution in [1.29, 1.82) is 0 Å². The summed E-state index contributed by atoms with van der Waals surface area (Å²) in [6.07, 6.45) is 3.74. The predicted octanol–water partition coefficient (Wildman–Crippen LogP) is 3.50. The number of anilines is 4. The molecule has 0 bridgehead atoms. The largest absolute Gasteiger partial charge is 0.381 e. The van der Waals surface area contributed by atoms with E-state index in [2.05, 4.69) is 32.7 Å². The average molecular weight is 488 g/mol. The zero-order chi connectivity index (χ0) is 24.9. The summed E-state index contributed by atoms with van der Waals surface area (Å²) >= 11 is 0. The second-order valence-electron chi connectivity index (χ2n) is 9.38. The second kappa shape index (κ2) is 10.9. The molecule has 36 heavy (non-hydrogen) atoms. The summed E-state index contributed by atoms with van der Waals surface area (Å²) in [4.78, 5) is 24.3. The Morgan fingerprint density at radius 3 is 2.28 bits per heavy atom. The number of benzene rings is 2. The Bertz CT molecular complexity index is 1170. The Balaban J connectivity index is 1.45. The first kappa shape index (κ1) is 24.0. The van der Waals surface area contributed by atoms with E-state index in [1.165, 1.54) is 0 Å². The van der Waals surface area contributed by atoms with E-state index in [9.17, 15) is 4.79 Å². The van der Waals surface area contributed by atoms with E-state index >= 15 is 0 Å². The fraction of sp³-hybridized carbons (Fsp3) is 0.370. The van der Waals surface area contributed by atoms with Crippen LogP contribution in [0, 0.1) is 0 Å². The number of hydrogen-bond acceptors (Lipinski definition) is 8. The van der Waals surface area contributed by atoms with Gasteiger partial charge in [-0.3, -0.25) is 4.79 Å². The van der Waals surface area contributed by atoms with Crippen molar-refractivity contribution in [3.8, 4) is 11.3 Å². The molecule has 2 fully saturated rings. The number of nitrogens with one attached hydrogen (secondary N) is 2. The van der Waals surface area contributed by atoms with Gasteiger partial charge in [0.05, 0.1) is 0 Å². The number of piperidine rings is 1. The van der Waals surface area contributed by atoms with Gasteiger partial charge in [0.2, 0.25) is 0 Å². The fourth-order valence-electron chi connectivity index (χ4n) is 4.68. The standard InChI is InChI=1S/C27H33N7O2/c28-19-10-14-34(15-11-19)22-8-6-20(7-9-22)30-27-24(25(29)35)32-23(18-4-2-1-3-5-18)26(33-27)31-21-12-16-36-17-13-21/h1-9,19,21H,10-17,28H2,(H2,29,35)(H2,30,31,33). The van der Waals surface area contributed by atoms with E-state index in [4.69, 9.17) is 21.2 Å². The van der Waals surface area contributed by atoms with Gasteiger partial charge < -0.3 is 31.7 Å². The fourth-order valence-corrected chi connectivity index (χ4v) is 4.68. The molecule has 3 aromatic rings. The zero-order valence-corrected chi connectivity index (χ0v) is 20.3. The van der Waals surface area contributed by atoms with Crippen LogP contribution in [0.15, 0.2) is 54.6 Å². The lowest BCUT2D eigenvalue weighted by atomic mass is 10.1. The van der Waals surface area contributed by atoms with Crippen molar-refractivity contribution in [1.82, 2.24) is 9.97 Å². The van der Waals surface area contributed by atoms with Gasteiger partial charge in [0.1, 0.15) is 5.69 Å². The molecule has 0 unspecified atom stereocenters. The van der Waals surface area contributed by atoms with Gasteiger partial charge in [0, 0.05) is 55.3 Å². The Hall–Kier alpha value is -3.69. The molecule has 188 valence electrons. The smallest absolute Gasteiger partial charge is 0.271 e. The molecule has 0 saturated carbocycles. The molecule has 9 heteroatoms. The Kier molecular flexibility index (Phi) is 7.29. The maximum atomic E-state index is 12.4. The summed E-state index contributed by atoms with van der Waals surface area (Å²) in [5, 5.41) is 6.80. The minimum absolute atomic E-state index is 0.0977. The van der Waals surface area contributed by atoms with Gasteiger partial charge in [0.25, 0.3) is 5.91 Å². The van der Waals surface area contributed by atoms with Crippen LogP contribution in [0.2, 0.25) is 0 Å². The summed E-state index contributed by atoms with van der Waals surface area (Å²) in [5.41, 5.74) is 15.3. The Morgan fingerprint density at radius 2 is 1.61 bits per heavy atom. The second-order valence-corrected chi connectivity index (χ2v) is 9.38. The van der Waals surface area contributed by atoms with Crippen LogP contribution in [0.5, 0.6) is 0 Å². The minimum atomic E-state index is -0.638. The maximum absolute atomic E-state index is 12.4. The SMILES string of the molecule is NC(=O)c1nc(-c2ccccc2)c(NC2CCOCC2)nc1Nc1ccc(N2CCC(N)CC2)cc1. The topological polar surface area (TPSA) is 131 Å². The first-order chi connectivity index (χ1) is 17.6. The van der Waals surface area contributed by atoms with Gasteiger partial charge in [-0.25, -0.2) is 9.97 Å². The average Bonchev–Trinajstić information content (AvgIpc) is 2.91. The molecular weight excluding hydrogens is 454 g/mol. The molecule has 1 aromatic heterocycles. The van der Waals surface area contributed by atoms with Crippen LogP contribution in [-0.4, -0.2) is 54.3 Å². The molecule has 0 radical (unpaired) electrons. The van der Waals surface area contributed by atoms with Gasteiger partial charge in [0.15, 0.2) is 17.3 Å². The van der Waals surface area contributed by atoms with Crippen molar-refractivity contribution in [2.24, 2.45) is 11.5 Å². The highest BCUT2D eigenvalue weighted by atomic mass is 16.5. The predicted molar refractivity (Wildman–Crippen MR) is 143 cm³/mol. The van der Waals surface area contributed by atoms with E-state index in [0.29, 0.717) is 30.5 Å². The molecule has 2 saturated heterocycles. The third-order valence-corrected chi connectivity index (χ3v) is 6.77. The molecule has 3 heterocycles. The number of rotatable bonds is 7. The van der Waals surface area contributed by atoms with E-state index < -0.39 is 5.91 Å². The number of nitrogens with two attached hydrogens (primary N) is 2. The monoisotopic (exact) mass is 487 g/mol. The first-order valence-electron chi connectivity index (χ1n) is 12.6. The zero-order valence-electron chi connectivity index (χ0n) is 20.3. The molecule has 9 nitrogen and oxygen atoms in total. The Labute approximate surface area is 211 Å². The van der Waals surface area contributed by atoms with Crippen LogP contribution < -0.4 is 27.0 Å². The number of amides is 1. The van der Waals surface area contributed by atoms with Crippen molar-refractivity contribution in [3.05, 3.63) is 60.3 Å². The third-order valence-electron chi connectivity index (χ3n) is 6.77. The number of carbonyl (C=O) groups excluding carboxylic acids is 1. The molecule has 0 aliphatic carbocycles. The van der Waals surface area contributed by atoms with Gasteiger partial charge in [-0.2, -0.15) is 0 Å². The lowest BCUT2D eigenvalue weighted by Crippen LogP contribution is -2.39. The number of ether oxygens (including phenoxy) is 1. The molecule has 0 atom stereocenters. The summed E-state index contributed by atoms with van der Waals surface area (Å²) < 4.78 is 5.51. The highest BCUT2D eigenvalue weighted by molar-refractivity contribution is 5.97. The molecule has 2 aliphatic heterocycles. The maximum Gasteiger partial charge on any atom is 0.271 e. The molecule has 1 amide bonds. The summed E-state index contributed by atoms with van der Waals surface area (Å²) in [6, 6.07) is 18.3. The van der Waals surface area contributed by atoms with Crippen LogP contribution in [0.1, 0.15) is 36.2 Å². The summed E-state index contributed by atoms with van der Waals surface area (Å²) in [5.74, 6) is 0.302. The number of carbonyl (C=O) groups is 1. The molecular formula is C27H33N7O2. The molecule has 6 N–H and O–H groups in total. The number of nitrogens with zero attached hydrogens (tertiary/aromatic N) is 3. The lowest BCUT2D eigenvalue weighted by Gasteiger charge is -2.32. The third kappa shape index (κ3) is 5.58. The van der Waals surface area contributed by atoms with Crippen molar-refractivity contribution in [2.45, 2.75) is 37.8 Å². The van der Waals surface area contributed by atoms with E-state index in [-0.39, 0.29) is 17.8 Å². The normalized spacial score (nSPS) is 17.1. The van der Waals surface area contributed by atoms with Gasteiger partial charge in [-0.05, 0) is 49.9 Å². The summed E-state index contributed by atoms with van der Waals surface area (Å²) in [6.45, 7) is 3.30. The van der Waals surface area contributed by atoms with Gasteiger partial charge >= 0.3 is 0 Å². The van der Waals surface area contributed by atoms with Crippen LogP contribution in [-0.2, 0) is 4.74 Å². The Morgan fingerprint density at radius 1 is 0.917 bits per heavy atom. The van der Waals surface area contributed by atoms with Crippen molar-refractivity contribution < 1.29 is 9.53 Å². The van der Waals surface area contributed by atoms with Crippen LogP contribution >= 0.6 is 0 Å². The van der Waals surface area contributed by atoms with E-state index in [1.54, 1.807) is 0 Å². The summed E-state index contributed by atoms with van der Waals surface area (Å²) in [7, 11) is 0. The first-order valence-corrected chi connectivity index (χ1v) is 12.6. The lowest BCUT2D eigenvalue weighted by molar-refractivity contribution is 0.0904. The molecule has 5 rings (SSSR count). The minimum Gasteiger partial charge on any atom is -0.381 e. The van der Waals surface area contributed by atoms with Crippen LogP contribution in [0.3, 0.4) is 0 Å². The number of aromatic nitrogens is 2. The van der Waals surface area contributed by atoms with Crippen molar-refractivity contribution >= 4 is 28.9 Å². The van der Waals surface area contributed by atoms with Crippen molar-refractivity contribution in [3.63, 3.8) is 0 Å².